The summed E-state index contributed by atoms with van der Waals surface area (Å²) >= 11 is 7.44. The molecular weight excluding hydrogens is 359 g/mol. The summed E-state index contributed by atoms with van der Waals surface area (Å²) in [5.41, 5.74) is 0.970. The molecule has 1 N–H and O–H groups in total. The molecule has 3 heterocycles. The van der Waals surface area contributed by atoms with E-state index < -0.39 is 0 Å². The minimum absolute atomic E-state index is 0.166. The van der Waals surface area contributed by atoms with E-state index in [4.69, 9.17) is 11.6 Å². The van der Waals surface area contributed by atoms with E-state index in [9.17, 15) is 4.39 Å². The number of nitrogens with one attached hydrogen (secondary N) is 1. The molecule has 2 unspecified atom stereocenters. The fraction of sp³-hybridized carbons (Fsp3) is 0.333. The van der Waals surface area contributed by atoms with Crippen LogP contribution < -0.4 is 5.32 Å². The SMILES string of the molecule is CN1CCC(CNc2ncnc3sccc23)C1c1ccc(Cl)c(F)c1. The first-order valence-electron chi connectivity index (χ1n) is 8.21. The van der Waals surface area contributed by atoms with Gasteiger partial charge < -0.3 is 5.32 Å². The third kappa shape index (κ3) is 3.21. The predicted octanol–water partition coefficient (Wildman–Crippen LogP) is 4.59. The van der Waals surface area contributed by atoms with Crippen molar-refractivity contribution >= 4 is 39.0 Å². The molecule has 130 valence electrons. The fourth-order valence-electron chi connectivity index (χ4n) is 3.62. The van der Waals surface area contributed by atoms with E-state index in [1.165, 1.54) is 0 Å². The minimum atomic E-state index is -0.359. The van der Waals surface area contributed by atoms with Crippen molar-refractivity contribution in [3.63, 3.8) is 0 Å². The Morgan fingerprint density at radius 1 is 1.36 bits per heavy atom. The van der Waals surface area contributed by atoms with Gasteiger partial charge in [-0.2, -0.15) is 0 Å². The van der Waals surface area contributed by atoms with Gasteiger partial charge in [-0.25, -0.2) is 14.4 Å². The number of hydrogen-bond donors (Lipinski definition) is 1. The normalized spacial score (nSPS) is 21.1. The summed E-state index contributed by atoms with van der Waals surface area (Å²) in [5, 5.41) is 6.71. The van der Waals surface area contributed by atoms with Crippen LogP contribution in [-0.4, -0.2) is 35.0 Å². The Bertz CT molecular complexity index is 900. The first kappa shape index (κ1) is 16.7. The van der Waals surface area contributed by atoms with Crippen molar-refractivity contribution in [1.82, 2.24) is 14.9 Å². The number of nitrogens with zero attached hydrogens (tertiary/aromatic N) is 3. The summed E-state index contributed by atoms with van der Waals surface area (Å²) in [6.45, 7) is 1.76. The summed E-state index contributed by atoms with van der Waals surface area (Å²) in [7, 11) is 2.08. The van der Waals surface area contributed by atoms with Crippen LogP contribution in [0.2, 0.25) is 5.02 Å². The Morgan fingerprint density at radius 3 is 3.08 bits per heavy atom. The largest absolute Gasteiger partial charge is 0.369 e. The number of halogens is 2. The van der Waals surface area contributed by atoms with Crippen molar-refractivity contribution < 1.29 is 4.39 Å². The van der Waals surface area contributed by atoms with E-state index in [0.29, 0.717) is 5.92 Å². The molecule has 0 radical (unpaired) electrons. The molecule has 2 atom stereocenters. The molecule has 0 spiro atoms. The van der Waals surface area contributed by atoms with E-state index >= 15 is 0 Å². The van der Waals surface area contributed by atoms with Crippen LogP contribution in [0.4, 0.5) is 10.2 Å². The summed E-state index contributed by atoms with van der Waals surface area (Å²) < 4.78 is 13.9. The average molecular weight is 377 g/mol. The van der Waals surface area contributed by atoms with Gasteiger partial charge in [0.1, 0.15) is 22.8 Å². The molecule has 1 aromatic carbocycles. The molecule has 0 bridgehead atoms. The van der Waals surface area contributed by atoms with E-state index in [-0.39, 0.29) is 16.9 Å². The summed E-state index contributed by atoms with van der Waals surface area (Å²) in [4.78, 5) is 11.9. The molecule has 1 fully saturated rings. The Morgan fingerprint density at radius 2 is 2.24 bits per heavy atom. The number of anilines is 1. The third-order valence-electron chi connectivity index (χ3n) is 4.85. The number of hydrogen-bond acceptors (Lipinski definition) is 5. The monoisotopic (exact) mass is 376 g/mol. The van der Waals surface area contributed by atoms with Gasteiger partial charge >= 0.3 is 0 Å². The van der Waals surface area contributed by atoms with Gasteiger partial charge in [0.2, 0.25) is 0 Å². The topological polar surface area (TPSA) is 41.0 Å². The molecule has 4 rings (SSSR count). The fourth-order valence-corrected chi connectivity index (χ4v) is 4.47. The molecule has 2 aromatic heterocycles. The van der Waals surface area contributed by atoms with Gasteiger partial charge in [0.25, 0.3) is 0 Å². The molecule has 1 saturated heterocycles. The quantitative estimate of drug-likeness (QED) is 0.723. The van der Waals surface area contributed by atoms with E-state index in [1.54, 1.807) is 29.8 Å². The second-order valence-corrected chi connectivity index (χ2v) is 7.69. The number of fused-ring (bicyclic) bond motifs is 1. The Balaban J connectivity index is 1.54. The maximum absolute atomic E-state index is 13.9. The number of aromatic nitrogens is 2. The summed E-state index contributed by atoms with van der Waals surface area (Å²) in [6.07, 6.45) is 2.64. The second kappa shape index (κ2) is 6.86. The minimum Gasteiger partial charge on any atom is -0.369 e. The van der Waals surface area contributed by atoms with Gasteiger partial charge in [-0.15, -0.1) is 11.3 Å². The zero-order valence-electron chi connectivity index (χ0n) is 13.7. The van der Waals surface area contributed by atoms with Crippen molar-refractivity contribution in [2.24, 2.45) is 5.92 Å². The highest BCUT2D eigenvalue weighted by Crippen LogP contribution is 2.37. The van der Waals surface area contributed by atoms with Gasteiger partial charge in [0.15, 0.2) is 0 Å². The average Bonchev–Trinajstić information content (AvgIpc) is 3.22. The zero-order chi connectivity index (χ0) is 17.4. The standard InChI is InChI=1S/C18H18ClFN4S/c1-24-6-4-12(16(24)11-2-3-14(19)15(20)8-11)9-21-17-13-5-7-25-18(13)23-10-22-17/h2-3,5,7-8,10,12,16H,4,6,9H2,1H3,(H,21,22,23). The van der Waals surface area contributed by atoms with Crippen LogP contribution >= 0.6 is 22.9 Å². The van der Waals surface area contributed by atoms with Crippen LogP contribution in [0.25, 0.3) is 10.2 Å². The first-order valence-corrected chi connectivity index (χ1v) is 9.46. The summed E-state index contributed by atoms with van der Waals surface area (Å²) in [6, 6.07) is 7.33. The smallest absolute Gasteiger partial charge is 0.142 e. The maximum atomic E-state index is 13.9. The van der Waals surface area contributed by atoms with Crippen molar-refractivity contribution in [2.75, 3.05) is 25.5 Å². The Labute approximate surface area is 154 Å². The lowest BCUT2D eigenvalue weighted by molar-refractivity contribution is 0.281. The highest BCUT2D eigenvalue weighted by atomic mass is 35.5. The lowest BCUT2D eigenvalue weighted by atomic mass is 9.93. The van der Waals surface area contributed by atoms with Crippen molar-refractivity contribution in [1.29, 1.82) is 0 Å². The first-order chi connectivity index (χ1) is 12.1. The Hall–Kier alpha value is -1.76. The van der Waals surface area contributed by atoms with E-state index in [2.05, 4.69) is 27.2 Å². The molecule has 1 aliphatic heterocycles. The van der Waals surface area contributed by atoms with Gasteiger partial charge in [-0.1, -0.05) is 17.7 Å². The van der Waals surface area contributed by atoms with Crippen LogP contribution in [0.1, 0.15) is 18.0 Å². The zero-order valence-corrected chi connectivity index (χ0v) is 15.3. The van der Waals surface area contributed by atoms with Gasteiger partial charge in [-0.05, 0) is 55.1 Å². The maximum Gasteiger partial charge on any atom is 0.142 e. The number of benzene rings is 1. The molecule has 3 aromatic rings. The molecule has 0 amide bonds. The van der Waals surface area contributed by atoms with Crippen LogP contribution in [0.3, 0.4) is 0 Å². The molecule has 0 aliphatic carbocycles. The molecular formula is C18H18ClFN4S. The van der Waals surface area contributed by atoms with Gasteiger partial charge in [0.05, 0.1) is 10.4 Å². The number of rotatable bonds is 4. The van der Waals surface area contributed by atoms with Crippen LogP contribution in [0, 0.1) is 11.7 Å². The van der Waals surface area contributed by atoms with Crippen molar-refractivity contribution in [2.45, 2.75) is 12.5 Å². The highest BCUT2D eigenvalue weighted by Gasteiger charge is 2.33. The van der Waals surface area contributed by atoms with E-state index in [0.717, 1.165) is 41.1 Å². The molecule has 0 saturated carbocycles. The summed E-state index contributed by atoms with van der Waals surface area (Å²) in [5.74, 6) is 0.873. The van der Waals surface area contributed by atoms with Gasteiger partial charge in [0, 0.05) is 12.6 Å². The molecule has 4 nitrogen and oxygen atoms in total. The lowest BCUT2D eigenvalue weighted by Gasteiger charge is -2.26. The van der Waals surface area contributed by atoms with Crippen LogP contribution in [0.5, 0.6) is 0 Å². The predicted molar refractivity (Wildman–Crippen MR) is 101 cm³/mol. The lowest BCUT2D eigenvalue weighted by Crippen LogP contribution is -2.25. The highest BCUT2D eigenvalue weighted by molar-refractivity contribution is 7.16. The molecule has 25 heavy (non-hydrogen) atoms. The third-order valence-corrected chi connectivity index (χ3v) is 5.98. The Kier molecular flexibility index (Phi) is 4.58. The number of likely N-dealkylation sites (tertiary alicyclic amines) is 1. The van der Waals surface area contributed by atoms with Crippen LogP contribution in [0.15, 0.2) is 36.0 Å². The van der Waals surface area contributed by atoms with E-state index in [1.807, 2.05) is 17.5 Å². The van der Waals surface area contributed by atoms with Crippen molar-refractivity contribution in [3.8, 4) is 0 Å². The second-order valence-electron chi connectivity index (χ2n) is 6.39. The molecule has 7 heteroatoms. The number of thiophene rings is 1. The van der Waals surface area contributed by atoms with Crippen molar-refractivity contribution in [3.05, 3.63) is 52.4 Å². The van der Waals surface area contributed by atoms with Gasteiger partial charge in [-0.3, -0.25) is 4.90 Å². The van der Waals surface area contributed by atoms with Crippen LogP contribution in [-0.2, 0) is 0 Å². The molecule has 1 aliphatic rings.